The molecule has 0 aliphatic rings. The van der Waals surface area contributed by atoms with Gasteiger partial charge in [-0.05, 0) is 43.7 Å². The molecule has 0 spiro atoms. The zero-order valence-electron chi connectivity index (χ0n) is 12.5. The first-order valence-corrected chi connectivity index (χ1v) is 7.62. The Hall–Kier alpha value is -1.52. The van der Waals surface area contributed by atoms with Crippen LogP contribution < -0.4 is 15.2 Å². The van der Waals surface area contributed by atoms with Gasteiger partial charge in [0.15, 0.2) is 0 Å². The highest BCUT2D eigenvalue weighted by molar-refractivity contribution is 9.10. The van der Waals surface area contributed by atoms with E-state index in [1.807, 2.05) is 50.2 Å². The normalized spacial score (nSPS) is 12.0. The van der Waals surface area contributed by atoms with Crippen molar-refractivity contribution in [3.05, 3.63) is 57.6 Å². The summed E-state index contributed by atoms with van der Waals surface area (Å²) in [5, 5.41) is 0. The second kappa shape index (κ2) is 6.96. The molecule has 0 amide bonds. The van der Waals surface area contributed by atoms with E-state index in [2.05, 4.69) is 15.9 Å². The number of hydrogen-bond acceptors (Lipinski definition) is 3. The SMILES string of the molecule is COc1ccc(Br)c(COc2cc(C)ccc2[C@H](C)N)c1. The fourth-order valence-electron chi connectivity index (χ4n) is 2.09. The fourth-order valence-corrected chi connectivity index (χ4v) is 2.45. The van der Waals surface area contributed by atoms with Crippen molar-refractivity contribution in [2.24, 2.45) is 5.73 Å². The molecule has 4 heteroatoms. The third kappa shape index (κ3) is 3.99. The zero-order valence-corrected chi connectivity index (χ0v) is 14.1. The molecule has 2 N–H and O–H groups in total. The number of ether oxygens (including phenoxy) is 2. The summed E-state index contributed by atoms with van der Waals surface area (Å²) in [6.07, 6.45) is 0. The Labute approximate surface area is 134 Å². The van der Waals surface area contributed by atoms with Crippen LogP contribution in [0.5, 0.6) is 11.5 Å². The van der Waals surface area contributed by atoms with Crippen molar-refractivity contribution in [1.82, 2.24) is 0 Å². The molecule has 0 saturated carbocycles. The first-order chi connectivity index (χ1) is 10.0. The zero-order chi connectivity index (χ0) is 15.4. The third-order valence-electron chi connectivity index (χ3n) is 3.30. The van der Waals surface area contributed by atoms with Crippen molar-refractivity contribution >= 4 is 15.9 Å². The second-order valence-electron chi connectivity index (χ2n) is 5.08. The van der Waals surface area contributed by atoms with Gasteiger partial charge < -0.3 is 15.2 Å². The highest BCUT2D eigenvalue weighted by Gasteiger charge is 2.10. The standard InChI is InChI=1S/C17H20BrNO2/c1-11-4-6-15(12(2)19)17(8-11)21-10-13-9-14(20-3)5-7-16(13)18/h4-9,12H,10,19H2,1-3H3/t12-/m0/s1. The predicted octanol–water partition coefficient (Wildman–Crippen LogP) is 4.36. The number of nitrogens with two attached hydrogens (primary N) is 1. The summed E-state index contributed by atoms with van der Waals surface area (Å²) >= 11 is 3.53. The van der Waals surface area contributed by atoms with Gasteiger partial charge in [0.2, 0.25) is 0 Å². The lowest BCUT2D eigenvalue weighted by Gasteiger charge is -2.15. The van der Waals surface area contributed by atoms with Crippen molar-refractivity contribution in [3.63, 3.8) is 0 Å². The van der Waals surface area contributed by atoms with Gasteiger partial charge in [0, 0.05) is 21.6 Å². The van der Waals surface area contributed by atoms with E-state index < -0.39 is 0 Å². The molecule has 0 heterocycles. The minimum Gasteiger partial charge on any atom is -0.497 e. The first kappa shape index (κ1) is 15.9. The number of benzene rings is 2. The maximum absolute atomic E-state index is 6.00. The lowest BCUT2D eigenvalue weighted by molar-refractivity contribution is 0.299. The first-order valence-electron chi connectivity index (χ1n) is 6.82. The molecule has 112 valence electrons. The van der Waals surface area contributed by atoms with Crippen molar-refractivity contribution in [3.8, 4) is 11.5 Å². The molecule has 2 aromatic rings. The largest absolute Gasteiger partial charge is 0.497 e. The molecule has 2 rings (SSSR count). The quantitative estimate of drug-likeness (QED) is 0.871. The minimum absolute atomic E-state index is 0.0608. The topological polar surface area (TPSA) is 44.5 Å². The van der Waals surface area contributed by atoms with Gasteiger partial charge in [-0.1, -0.05) is 28.1 Å². The molecule has 0 fully saturated rings. The predicted molar refractivity (Wildman–Crippen MR) is 88.8 cm³/mol. The summed E-state index contributed by atoms with van der Waals surface area (Å²) in [4.78, 5) is 0. The number of methoxy groups -OCH3 is 1. The van der Waals surface area contributed by atoms with Crippen LogP contribution in [0.4, 0.5) is 0 Å². The molecule has 0 aliphatic heterocycles. The number of rotatable bonds is 5. The summed E-state index contributed by atoms with van der Waals surface area (Å²) in [6, 6.07) is 11.9. The second-order valence-corrected chi connectivity index (χ2v) is 5.93. The van der Waals surface area contributed by atoms with Gasteiger partial charge in [-0.2, -0.15) is 0 Å². The van der Waals surface area contributed by atoms with E-state index in [9.17, 15) is 0 Å². The molecule has 0 saturated heterocycles. The van der Waals surface area contributed by atoms with Crippen molar-refractivity contribution in [2.75, 3.05) is 7.11 Å². The third-order valence-corrected chi connectivity index (χ3v) is 4.07. The Bertz CT molecular complexity index is 626. The maximum atomic E-state index is 6.00. The molecule has 21 heavy (non-hydrogen) atoms. The molecule has 1 atom stereocenters. The van der Waals surface area contributed by atoms with Crippen LogP contribution >= 0.6 is 15.9 Å². The molecule has 0 unspecified atom stereocenters. The van der Waals surface area contributed by atoms with Crippen LogP contribution in [0.25, 0.3) is 0 Å². The van der Waals surface area contributed by atoms with Gasteiger partial charge in [-0.15, -0.1) is 0 Å². The van der Waals surface area contributed by atoms with Gasteiger partial charge in [0.25, 0.3) is 0 Å². The average Bonchev–Trinajstić information content (AvgIpc) is 2.46. The van der Waals surface area contributed by atoms with E-state index >= 15 is 0 Å². The number of aryl methyl sites for hydroxylation is 1. The summed E-state index contributed by atoms with van der Waals surface area (Å²) in [6.45, 7) is 4.46. The highest BCUT2D eigenvalue weighted by atomic mass is 79.9. The lowest BCUT2D eigenvalue weighted by Crippen LogP contribution is -2.08. The Morgan fingerprint density at radius 2 is 1.95 bits per heavy atom. The van der Waals surface area contributed by atoms with Crippen LogP contribution in [0.3, 0.4) is 0 Å². The highest BCUT2D eigenvalue weighted by Crippen LogP contribution is 2.28. The molecule has 3 nitrogen and oxygen atoms in total. The van der Waals surface area contributed by atoms with Gasteiger partial charge in [-0.25, -0.2) is 0 Å². The van der Waals surface area contributed by atoms with Gasteiger partial charge in [-0.3, -0.25) is 0 Å². The number of hydrogen-bond donors (Lipinski definition) is 1. The molecule has 0 aliphatic carbocycles. The van der Waals surface area contributed by atoms with Crippen molar-refractivity contribution in [1.29, 1.82) is 0 Å². The summed E-state index contributed by atoms with van der Waals surface area (Å²) in [5.41, 5.74) is 9.20. The molecule has 2 aromatic carbocycles. The fraction of sp³-hybridized carbons (Fsp3) is 0.294. The van der Waals surface area contributed by atoms with Crippen molar-refractivity contribution in [2.45, 2.75) is 26.5 Å². The number of halogens is 1. The molecule has 0 radical (unpaired) electrons. The van der Waals surface area contributed by atoms with Gasteiger partial charge in [0.05, 0.1) is 7.11 Å². The van der Waals surface area contributed by atoms with E-state index in [0.717, 1.165) is 32.7 Å². The van der Waals surface area contributed by atoms with Gasteiger partial charge >= 0.3 is 0 Å². The van der Waals surface area contributed by atoms with Crippen LogP contribution in [0, 0.1) is 6.92 Å². The molecular formula is C17H20BrNO2. The summed E-state index contributed by atoms with van der Waals surface area (Å²) in [7, 11) is 1.66. The van der Waals surface area contributed by atoms with E-state index in [1.54, 1.807) is 7.11 Å². The van der Waals surface area contributed by atoms with E-state index in [0.29, 0.717) is 6.61 Å². The molecular weight excluding hydrogens is 330 g/mol. The maximum Gasteiger partial charge on any atom is 0.124 e. The van der Waals surface area contributed by atoms with Crippen LogP contribution in [0.15, 0.2) is 40.9 Å². The molecule has 0 aromatic heterocycles. The summed E-state index contributed by atoms with van der Waals surface area (Å²) in [5.74, 6) is 1.65. The van der Waals surface area contributed by atoms with Crippen LogP contribution in [0.2, 0.25) is 0 Å². The molecule has 0 bridgehead atoms. The van der Waals surface area contributed by atoms with E-state index in [-0.39, 0.29) is 6.04 Å². The Kier molecular flexibility index (Phi) is 5.26. The van der Waals surface area contributed by atoms with Crippen molar-refractivity contribution < 1.29 is 9.47 Å². The average molecular weight is 350 g/mol. The monoisotopic (exact) mass is 349 g/mol. The van der Waals surface area contributed by atoms with E-state index in [4.69, 9.17) is 15.2 Å². The Morgan fingerprint density at radius 3 is 2.62 bits per heavy atom. The van der Waals surface area contributed by atoms with Gasteiger partial charge in [0.1, 0.15) is 18.1 Å². The lowest BCUT2D eigenvalue weighted by atomic mass is 10.1. The summed E-state index contributed by atoms with van der Waals surface area (Å²) < 4.78 is 12.2. The Balaban J connectivity index is 2.22. The Morgan fingerprint density at radius 1 is 1.19 bits per heavy atom. The minimum atomic E-state index is -0.0608. The van der Waals surface area contributed by atoms with Crippen LogP contribution in [-0.4, -0.2) is 7.11 Å². The van der Waals surface area contributed by atoms with E-state index in [1.165, 1.54) is 0 Å². The van der Waals surface area contributed by atoms with Crippen LogP contribution in [-0.2, 0) is 6.61 Å². The van der Waals surface area contributed by atoms with Crippen LogP contribution in [0.1, 0.15) is 29.7 Å². The smallest absolute Gasteiger partial charge is 0.124 e.